The first-order valence-electron chi connectivity index (χ1n) is 8.24. The molecule has 0 unspecified atom stereocenters. The maximum atomic E-state index is 12.4. The quantitative estimate of drug-likeness (QED) is 0.458. The van der Waals surface area contributed by atoms with Gasteiger partial charge in [0, 0.05) is 36.1 Å². The Kier molecular flexibility index (Phi) is 5.76. The molecule has 0 atom stereocenters. The number of nitriles is 1. The van der Waals surface area contributed by atoms with Gasteiger partial charge in [0.15, 0.2) is 5.13 Å². The molecule has 0 saturated carbocycles. The van der Waals surface area contributed by atoms with Crippen molar-refractivity contribution in [1.29, 1.82) is 5.26 Å². The van der Waals surface area contributed by atoms with E-state index in [9.17, 15) is 18.5 Å². The molecule has 0 aliphatic carbocycles. The molecule has 148 valence electrons. The molecule has 1 amide bonds. The van der Waals surface area contributed by atoms with E-state index in [2.05, 4.69) is 20.1 Å². The first-order valence-corrected chi connectivity index (χ1v) is 10.6. The van der Waals surface area contributed by atoms with Gasteiger partial charge in [0.05, 0.1) is 10.6 Å². The van der Waals surface area contributed by atoms with Crippen LogP contribution in [0.4, 0.5) is 10.8 Å². The second-order valence-electron chi connectivity index (χ2n) is 5.93. The third-order valence-electron chi connectivity index (χ3n) is 3.79. The molecule has 0 fully saturated rings. The van der Waals surface area contributed by atoms with Crippen LogP contribution in [0.2, 0.25) is 0 Å². The minimum atomic E-state index is -3.78. The number of hydrogen-bond acceptors (Lipinski definition) is 7. The predicted molar refractivity (Wildman–Crippen MR) is 110 cm³/mol. The van der Waals surface area contributed by atoms with Gasteiger partial charge in [0.2, 0.25) is 0 Å². The Bertz CT molecular complexity index is 1200. The first kappa shape index (κ1) is 20.2. The summed E-state index contributed by atoms with van der Waals surface area (Å²) in [7, 11) is -2.03. The zero-order valence-electron chi connectivity index (χ0n) is 15.4. The van der Waals surface area contributed by atoms with Crippen LogP contribution in [-0.2, 0) is 21.9 Å². The lowest BCUT2D eigenvalue weighted by atomic mass is 10.1. The van der Waals surface area contributed by atoms with Gasteiger partial charge in [-0.3, -0.25) is 14.2 Å². The minimum absolute atomic E-state index is 0.0210. The largest absolute Gasteiger partial charge is 0.321 e. The summed E-state index contributed by atoms with van der Waals surface area (Å²) in [5.74, 6) is -0.604. The molecule has 3 aromatic rings. The molecule has 0 saturated heterocycles. The van der Waals surface area contributed by atoms with Crippen molar-refractivity contribution in [2.24, 2.45) is 7.05 Å². The number of thiazole rings is 1. The van der Waals surface area contributed by atoms with Gasteiger partial charge < -0.3 is 5.32 Å². The van der Waals surface area contributed by atoms with Gasteiger partial charge in [-0.15, -0.1) is 11.3 Å². The maximum absolute atomic E-state index is 12.4. The lowest BCUT2D eigenvalue weighted by Crippen LogP contribution is -2.15. The fourth-order valence-corrected chi connectivity index (χ4v) is 4.22. The van der Waals surface area contributed by atoms with E-state index in [4.69, 9.17) is 0 Å². The van der Waals surface area contributed by atoms with E-state index in [1.165, 1.54) is 36.5 Å². The van der Waals surface area contributed by atoms with Crippen LogP contribution in [0.1, 0.15) is 11.3 Å². The Morgan fingerprint density at radius 3 is 2.59 bits per heavy atom. The van der Waals surface area contributed by atoms with Crippen LogP contribution < -0.4 is 10.0 Å². The molecule has 2 heterocycles. The zero-order chi connectivity index (χ0) is 21.0. The average Bonchev–Trinajstić information content (AvgIpc) is 3.28. The highest BCUT2D eigenvalue weighted by molar-refractivity contribution is 7.93. The maximum Gasteiger partial charge on any atom is 0.266 e. The predicted octanol–water partition coefficient (Wildman–Crippen LogP) is 2.53. The third kappa shape index (κ3) is 4.87. The van der Waals surface area contributed by atoms with Crippen LogP contribution in [0.15, 0.2) is 52.5 Å². The number of nitrogens with one attached hydrogen (secondary N) is 2. The Hall–Kier alpha value is -3.49. The van der Waals surface area contributed by atoms with Crippen molar-refractivity contribution in [3.05, 3.63) is 58.9 Å². The summed E-state index contributed by atoms with van der Waals surface area (Å²) in [5, 5.41) is 18.0. The highest BCUT2D eigenvalue weighted by atomic mass is 32.2. The molecule has 2 N–H and O–H groups in total. The van der Waals surface area contributed by atoms with E-state index in [0.29, 0.717) is 16.9 Å². The second-order valence-corrected chi connectivity index (χ2v) is 8.51. The van der Waals surface area contributed by atoms with Crippen molar-refractivity contribution in [2.75, 3.05) is 10.0 Å². The van der Waals surface area contributed by atoms with Crippen molar-refractivity contribution in [3.8, 4) is 6.07 Å². The molecule has 0 aliphatic heterocycles. The lowest BCUT2D eigenvalue weighted by Gasteiger charge is -2.07. The number of carbonyl (C=O) groups is 1. The smallest absolute Gasteiger partial charge is 0.266 e. The van der Waals surface area contributed by atoms with Crippen LogP contribution in [0.5, 0.6) is 0 Å². The standard InChI is InChI=1S/C18H16N6O3S2/c1-12-14(11-24(2)22-12)9-13(10-19)17(25)21-15-3-5-16(6-4-15)29(26,27)23-18-20-7-8-28-18/h3-9,11H,1-2H3,(H,20,23)(H,21,25). The summed E-state index contributed by atoms with van der Waals surface area (Å²) in [6.07, 6.45) is 4.65. The topological polar surface area (TPSA) is 130 Å². The Morgan fingerprint density at radius 2 is 2.03 bits per heavy atom. The van der Waals surface area contributed by atoms with Gasteiger partial charge >= 0.3 is 0 Å². The molecular formula is C18H16N6O3S2. The Labute approximate surface area is 171 Å². The third-order valence-corrected chi connectivity index (χ3v) is 5.97. The zero-order valence-corrected chi connectivity index (χ0v) is 17.1. The molecule has 0 bridgehead atoms. The minimum Gasteiger partial charge on any atom is -0.321 e. The molecule has 0 radical (unpaired) electrons. The molecule has 29 heavy (non-hydrogen) atoms. The molecule has 0 aliphatic rings. The summed E-state index contributed by atoms with van der Waals surface area (Å²) in [6.45, 7) is 1.78. The first-order chi connectivity index (χ1) is 13.8. The number of amides is 1. The fraction of sp³-hybridized carbons (Fsp3) is 0.111. The molecule has 1 aromatic carbocycles. The number of carbonyl (C=O) groups excluding carboxylic acids is 1. The number of anilines is 2. The van der Waals surface area contributed by atoms with Gasteiger partial charge in [-0.05, 0) is 37.3 Å². The number of rotatable bonds is 6. The summed E-state index contributed by atoms with van der Waals surface area (Å²) in [6, 6.07) is 7.46. The highest BCUT2D eigenvalue weighted by Gasteiger charge is 2.16. The van der Waals surface area contributed by atoms with Crippen LogP contribution in [0, 0.1) is 18.3 Å². The van der Waals surface area contributed by atoms with Crippen molar-refractivity contribution in [3.63, 3.8) is 0 Å². The van der Waals surface area contributed by atoms with Crippen LogP contribution in [0.25, 0.3) is 6.08 Å². The van der Waals surface area contributed by atoms with Gasteiger partial charge in [-0.2, -0.15) is 10.4 Å². The normalized spacial score (nSPS) is 11.7. The summed E-state index contributed by atoms with van der Waals surface area (Å²) in [5.41, 5.74) is 1.61. The van der Waals surface area contributed by atoms with Crippen molar-refractivity contribution >= 4 is 44.2 Å². The van der Waals surface area contributed by atoms with E-state index < -0.39 is 15.9 Å². The van der Waals surface area contributed by atoms with Crippen molar-refractivity contribution < 1.29 is 13.2 Å². The highest BCUT2D eigenvalue weighted by Crippen LogP contribution is 2.20. The molecule has 2 aromatic heterocycles. The Balaban J connectivity index is 1.74. The number of sulfonamides is 1. The van der Waals surface area contributed by atoms with E-state index >= 15 is 0 Å². The molecule has 3 rings (SSSR count). The van der Waals surface area contributed by atoms with Gasteiger partial charge in [-0.25, -0.2) is 13.4 Å². The number of nitrogens with zero attached hydrogens (tertiary/aromatic N) is 4. The van der Waals surface area contributed by atoms with Crippen molar-refractivity contribution in [2.45, 2.75) is 11.8 Å². The average molecular weight is 428 g/mol. The van der Waals surface area contributed by atoms with Gasteiger partial charge in [0.25, 0.3) is 15.9 Å². The summed E-state index contributed by atoms with van der Waals surface area (Å²) < 4.78 is 28.6. The SMILES string of the molecule is Cc1nn(C)cc1C=C(C#N)C(=O)Nc1ccc(S(=O)(=O)Nc2nccs2)cc1. The fourth-order valence-electron chi connectivity index (χ4n) is 2.43. The molecule has 11 heteroatoms. The van der Waals surface area contributed by atoms with Crippen LogP contribution >= 0.6 is 11.3 Å². The van der Waals surface area contributed by atoms with E-state index in [1.807, 2.05) is 6.07 Å². The van der Waals surface area contributed by atoms with Crippen molar-refractivity contribution in [1.82, 2.24) is 14.8 Å². The van der Waals surface area contributed by atoms with Gasteiger partial charge in [0.1, 0.15) is 11.6 Å². The number of benzene rings is 1. The molecule has 9 nitrogen and oxygen atoms in total. The number of aromatic nitrogens is 3. The Morgan fingerprint density at radius 1 is 1.31 bits per heavy atom. The lowest BCUT2D eigenvalue weighted by molar-refractivity contribution is -0.112. The number of hydrogen-bond donors (Lipinski definition) is 2. The monoisotopic (exact) mass is 428 g/mol. The molecule has 0 spiro atoms. The second kappa shape index (κ2) is 8.26. The van der Waals surface area contributed by atoms with E-state index in [1.54, 1.807) is 30.2 Å². The van der Waals surface area contributed by atoms with Gasteiger partial charge in [-0.1, -0.05) is 0 Å². The van der Waals surface area contributed by atoms with Crippen LogP contribution in [0.3, 0.4) is 0 Å². The van der Waals surface area contributed by atoms with Crippen LogP contribution in [-0.4, -0.2) is 29.1 Å². The van der Waals surface area contributed by atoms with E-state index in [-0.39, 0.29) is 15.6 Å². The molecular weight excluding hydrogens is 412 g/mol. The summed E-state index contributed by atoms with van der Waals surface area (Å²) >= 11 is 1.16. The number of aryl methyl sites for hydroxylation is 2. The van der Waals surface area contributed by atoms with E-state index in [0.717, 1.165) is 11.3 Å². The summed E-state index contributed by atoms with van der Waals surface area (Å²) in [4.78, 5) is 16.3.